The number of rotatable bonds is 3. The third-order valence-electron chi connectivity index (χ3n) is 5.71. The van der Waals surface area contributed by atoms with Crippen LogP contribution in [-0.4, -0.2) is 52.4 Å². The standard InChI is InChI=1S/C17H28N2OS/c1-2-12-19(16-8-6-14-21-16)17(9-1,15-7-5-13-20-15)18-10-3-4-11-18/h2,12,15-16H,1,3-11,13-14H2. The highest BCUT2D eigenvalue weighted by molar-refractivity contribution is 8.00. The number of ether oxygens (including phenoxy) is 1. The van der Waals surface area contributed by atoms with Gasteiger partial charge < -0.3 is 9.64 Å². The van der Waals surface area contributed by atoms with Crippen LogP contribution in [0.3, 0.4) is 0 Å². The largest absolute Gasteiger partial charge is 0.374 e. The minimum Gasteiger partial charge on any atom is -0.374 e. The van der Waals surface area contributed by atoms with Crippen LogP contribution in [0.25, 0.3) is 0 Å². The van der Waals surface area contributed by atoms with E-state index in [-0.39, 0.29) is 5.66 Å². The highest BCUT2D eigenvalue weighted by Gasteiger charge is 2.52. The monoisotopic (exact) mass is 308 g/mol. The second-order valence-electron chi connectivity index (χ2n) is 6.87. The first-order chi connectivity index (χ1) is 10.4. The Bertz CT molecular complexity index is 366. The van der Waals surface area contributed by atoms with Crippen molar-refractivity contribution in [3.63, 3.8) is 0 Å². The lowest BCUT2D eigenvalue weighted by Crippen LogP contribution is -2.67. The maximum atomic E-state index is 6.27. The van der Waals surface area contributed by atoms with E-state index >= 15 is 0 Å². The summed E-state index contributed by atoms with van der Waals surface area (Å²) in [6, 6.07) is 0. The SMILES string of the molecule is C1=CN(C2CCCS2)C(C2CCCO2)(N2CCCC2)CC1. The molecule has 4 aliphatic heterocycles. The third-order valence-corrected chi connectivity index (χ3v) is 7.08. The minimum atomic E-state index is 0.157. The summed E-state index contributed by atoms with van der Waals surface area (Å²) in [6.45, 7) is 3.50. The topological polar surface area (TPSA) is 15.7 Å². The van der Waals surface area contributed by atoms with E-state index in [1.54, 1.807) is 0 Å². The molecule has 0 aliphatic carbocycles. The smallest absolute Gasteiger partial charge is 0.121 e. The van der Waals surface area contributed by atoms with Crippen molar-refractivity contribution in [3.05, 3.63) is 12.3 Å². The zero-order chi connectivity index (χ0) is 14.1. The van der Waals surface area contributed by atoms with E-state index in [9.17, 15) is 0 Å². The number of thioether (sulfide) groups is 1. The van der Waals surface area contributed by atoms with Crippen LogP contribution in [0.1, 0.15) is 51.4 Å². The summed E-state index contributed by atoms with van der Waals surface area (Å²) in [7, 11) is 0. The van der Waals surface area contributed by atoms with Gasteiger partial charge in [0, 0.05) is 19.7 Å². The fraction of sp³-hybridized carbons (Fsp3) is 0.882. The zero-order valence-electron chi connectivity index (χ0n) is 13.0. The molecule has 0 N–H and O–H groups in total. The second kappa shape index (κ2) is 6.13. The van der Waals surface area contributed by atoms with Crippen LogP contribution in [0.15, 0.2) is 12.3 Å². The molecule has 0 aromatic rings. The van der Waals surface area contributed by atoms with Crippen LogP contribution < -0.4 is 0 Å². The minimum absolute atomic E-state index is 0.157. The number of nitrogens with zero attached hydrogens (tertiary/aromatic N) is 2. The summed E-state index contributed by atoms with van der Waals surface area (Å²) < 4.78 is 6.27. The Morgan fingerprint density at radius 1 is 1.10 bits per heavy atom. The van der Waals surface area contributed by atoms with Gasteiger partial charge in [0.25, 0.3) is 0 Å². The molecule has 4 heterocycles. The van der Waals surface area contributed by atoms with E-state index < -0.39 is 0 Å². The lowest BCUT2D eigenvalue weighted by atomic mass is 9.88. The van der Waals surface area contributed by atoms with Crippen molar-refractivity contribution in [1.29, 1.82) is 0 Å². The summed E-state index contributed by atoms with van der Waals surface area (Å²) in [5.74, 6) is 1.33. The Labute approximate surface area is 133 Å². The average Bonchev–Trinajstić information content (AvgIpc) is 3.29. The van der Waals surface area contributed by atoms with Crippen LogP contribution in [0.4, 0.5) is 0 Å². The van der Waals surface area contributed by atoms with Crippen LogP contribution in [0.5, 0.6) is 0 Å². The van der Waals surface area contributed by atoms with Crippen molar-refractivity contribution in [3.8, 4) is 0 Å². The van der Waals surface area contributed by atoms with Crippen molar-refractivity contribution < 1.29 is 4.74 Å². The summed E-state index contributed by atoms with van der Waals surface area (Å²) >= 11 is 2.16. The first-order valence-electron chi connectivity index (χ1n) is 8.85. The van der Waals surface area contributed by atoms with Crippen LogP contribution in [0.2, 0.25) is 0 Å². The first-order valence-corrected chi connectivity index (χ1v) is 9.89. The van der Waals surface area contributed by atoms with Crippen molar-refractivity contribution in [2.45, 2.75) is 68.5 Å². The van der Waals surface area contributed by atoms with Gasteiger partial charge >= 0.3 is 0 Å². The molecule has 0 bridgehead atoms. The highest BCUT2D eigenvalue weighted by Crippen LogP contribution is 2.45. The van der Waals surface area contributed by atoms with Gasteiger partial charge in [0.2, 0.25) is 0 Å². The molecule has 3 atom stereocenters. The van der Waals surface area contributed by atoms with Crippen LogP contribution in [-0.2, 0) is 4.74 Å². The van der Waals surface area contributed by atoms with Gasteiger partial charge in [0.05, 0.1) is 11.5 Å². The second-order valence-corrected chi connectivity index (χ2v) is 8.16. The summed E-state index contributed by atoms with van der Waals surface area (Å²) in [4.78, 5) is 5.51. The molecule has 118 valence electrons. The van der Waals surface area contributed by atoms with Crippen LogP contribution in [0, 0.1) is 0 Å². The molecule has 0 saturated carbocycles. The zero-order valence-corrected chi connectivity index (χ0v) is 13.8. The Balaban J connectivity index is 1.69. The van der Waals surface area contributed by atoms with E-state index in [0.29, 0.717) is 11.5 Å². The normalized spacial score (nSPS) is 41.2. The molecule has 4 heteroatoms. The van der Waals surface area contributed by atoms with Crippen molar-refractivity contribution >= 4 is 11.8 Å². The molecule has 4 aliphatic rings. The molecule has 3 nitrogen and oxygen atoms in total. The molecule has 0 spiro atoms. The van der Waals surface area contributed by atoms with Gasteiger partial charge in [-0.25, -0.2) is 0 Å². The maximum absolute atomic E-state index is 6.27. The van der Waals surface area contributed by atoms with Gasteiger partial charge in [-0.3, -0.25) is 4.90 Å². The molecule has 3 saturated heterocycles. The Hall–Kier alpha value is -0.190. The average molecular weight is 308 g/mol. The van der Waals surface area contributed by atoms with Crippen molar-refractivity contribution in [2.24, 2.45) is 0 Å². The van der Waals surface area contributed by atoms with E-state index in [2.05, 4.69) is 33.8 Å². The van der Waals surface area contributed by atoms with E-state index in [4.69, 9.17) is 4.74 Å². The van der Waals surface area contributed by atoms with E-state index in [0.717, 1.165) is 6.61 Å². The van der Waals surface area contributed by atoms with E-state index in [1.165, 1.54) is 70.2 Å². The number of hydrogen-bond acceptors (Lipinski definition) is 4. The molecule has 3 unspecified atom stereocenters. The van der Waals surface area contributed by atoms with Gasteiger partial charge in [-0.1, -0.05) is 6.08 Å². The maximum Gasteiger partial charge on any atom is 0.121 e. The summed E-state index contributed by atoms with van der Waals surface area (Å²) in [5.41, 5.74) is 0.157. The predicted molar refractivity (Wildman–Crippen MR) is 88.2 cm³/mol. The fourth-order valence-corrected chi connectivity index (χ4v) is 6.12. The highest BCUT2D eigenvalue weighted by atomic mass is 32.2. The lowest BCUT2D eigenvalue weighted by molar-refractivity contribution is -0.128. The Morgan fingerprint density at radius 3 is 2.71 bits per heavy atom. The summed E-state index contributed by atoms with van der Waals surface area (Å²) in [5, 5.41) is 0.673. The molecular weight excluding hydrogens is 280 g/mol. The first kappa shape index (κ1) is 14.4. The number of likely N-dealkylation sites (tertiary alicyclic amines) is 1. The Morgan fingerprint density at radius 2 is 2.00 bits per heavy atom. The number of hydrogen-bond donors (Lipinski definition) is 0. The molecule has 0 radical (unpaired) electrons. The lowest BCUT2D eigenvalue weighted by Gasteiger charge is -2.55. The van der Waals surface area contributed by atoms with Gasteiger partial charge in [-0.15, -0.1) is 11.8 Å². The summed E-state index contributed by atoms with van der Waals surface area (Å²) in [6.07, 6.45) is 15.6. The third kappa shape index (κ3) is 2.43. The quantitative estimate of drug-likeness (QED) is 0.793. The molecular formula is C17H28N2OS. The van der Waals surface area contributed by atoms with Gasteiger partial charge in [-0.05, 0) is 63.3 Å². The van der Waals surface area contributed by atoms with Crippen molar-refractivity contribution in [1.82, 2.24) is 9.80 Å². The predicted octanol–water partition coefficient (Wildman–Crippen LogP) is 3.42. The molecule has 3 fully saturated rings. The molecule has 0 amide bonds. The van der Waals surface area contributed by atoms with Gasteiger partial charge in [-0.2, -0.15) is 0 Å². The number of allylic oxidation sites excluding steroid dienone is 1. The fourth-order valence-electron chi connectivity index (χ4n) is 4.77. The molecule has 0 aromatic carbocycles. The van der Waals surface area contributed by atoms with Gasteiger partial charge in [0.1, 0.15) is 5.66 Å². The van der Waals surface area contributed by atoms with Crippen molar-refractivity contribution in [2.75, 3.05) is 25.4 Å². The molecule has 4 rings (SSSR count). The van der Waals surface area contributed by atoms with E-state index in [1.807, 2.05) is 0 Å². The molecule has 21 heavy (non-hydrogen) atoms. The van der Waals surface area contributed by atoms with Crippen LogP contribution >= 0.6 is 11.8 Å². The molecule has 0 aromatic heterocycles. The van der Waals surface area contributed by atoms with Gasteiger partial charge in [0.15, 0.2) is 0 Å². The Kier molecular flexibility index (Phi) is 4.21.